The van der Waals surface area contributed by atoms with Gasteiger partial charge in [0, 0.05) is 37.1 Å². The highest BCUT2D eigenvalue weighted by Crippen LogP contribution is 2.35. The molecular formula is C33H37N7O4. The van der Waals surface area contributed by atoms with E-state index in [0.29, 0.717) is 47.3 Å². The van der Waals surface area contributed by atoms with E-state index in [1.165, 1.54) is 0 Å². The molecule has 228 valence electrons. The fourth-order valence-corrected chi connectivity index (χ4v) is 5.80. The Bertz CT molecular complexity index is 1810. The zero-order valence-electron chi connectivity index (χ0n) is 25.4. The number of methoxy groups -OCH3 is 1. The molecule has 1 atom stereocenters. The van der Waals surface area contributed by atoms with Gasteiger partial charge >= 0.3 is 0 Å². The molecule has 3 aromatic heterocycles. The van der Waals surface area contributed by atoms with Crippen LogP contribution in [-0.4, -0.2) is 71.7 Å². The van der Waals surface area contributed by atoms with Crippen molar-refractivity contribution < 1.29 is 19.7 Å². The number of fused-ring (bicyclic) bond motifs is 1. The third-order valence-corrected chi connectivity index (χ3v) is 8.11. The van der Waals surface area contributed by atoms with Gasteiger partial charge in [0.15, 0.2) is 5.65 Å². The maximum absolute atomic E-state index is 13.7. The number of amides is 1. The molecule has 44 heavy (non-hydrogen) atoms. The number of nitrogens with zero attached hydrogens (tertiary/aromatic N) is 6. The van der Waals surface area contributed by atoms with Crippen molar-refractivity contribution in [2.45, 2.75) is 51.8 Å². The number of benzene rings is 2. The van der Waals surface area contributed by atoms with Crippen molar-refractivity contribution in [2.75, 3.05) is 25.6 Å². The molecule has 0 bridgehead atoms. The first-order valence-electron chi connectivity index (χ1n) is 14.7. The van der Waals surface area contributed by atoms with Crippen LogP contribution in [0.2, 0.25) is 0 Å². The molecule has 11 nitrogen and oxygen atoms in total. The van der Waals surface area contributed by atoms with Crippen LogP contribution in [0.3, 0.4) is 0 Å². The van der Waals surface area contributed by atoms with Gasteiger partial charge in [0.2, 0.25) is 0 Å². The lowest BCUT2D eigenvalue weighted by molar-refractivity contribution is 0.0674. The van der Waals surface area contributed by atoms with Crippen LogP contribution in [0.25, 0.3) is 22.5 Å². The van der Waals surface area contributed by atoms with Crippen molar-refractivity contribution in [3.8, 4) is 22.6 Å². The smallest absolute Gasteiger partial charge is 0.257 e. The molecule has 0 unspecified atom stereocenters. The number of carbonyl (C=O) groups excluding carboxylic acids is 1. The van der Waals surface area contributed by atoms with Crippen molar-refractivity contribution in [3.63, 3.8) is 0 Å². The molecule has 1 aliphatic rings. The molecule has 0 saturated carbocycles. The van der Waals surface area contributed by atoms with Crippen LogP contribution < -0.4 is 10.1 Å². The largest absolute Gasteiger partial charge is 0.496 e. The van der Waals surface area contributed by atoms with E-state index in [1.54, 1.807) is 42.6 Å². The number of ether oxygens (including phenoxy) is 1. The van der Waals surface area contributed by atoms with E-state index in [9.17, 15) is 15.0 Å². The molecule has 1 fully saturated rings. The quantitative estimate of drug-likeness (QED) is 0.230. The maximum atomic E-state index is 13.7. The average molecular weight is 596 g/mol. The van der Waals surface area contributed by atoms with Crippen molar-refractivity contribution in [2.24, 2.45) is 0 Å². The summed E-state index contributed by atoms with van der Waals surface area (Å²) in [5.41, 5.74) is 4.43. The Kier molecular flexibility index (Phi) is 7.83. The molecule has 0 spiro atoms. The summed E-state index contributed by atoms with van der Waals surface area (Å²) in [6.07, 6.45) is 5.26. The topological polar surface area (TPSA) is 130 Å². The number of anilines is 1. The second kappa shape index (κ2) is 11.7. The molecule has 5 aromatic rings. The van der Waals surface area contributed by atoms with E-state index in [1.807, 2.05) is 60.3 Å². The zero-order chi connectivity index (χ0) is 31.0. The Morgan fingerprint density at radius 2 is 2.00 bits per heavy atom. The molecule has 0 radical (unpaired) electrons. The fraction of sp³-hybridized carbons (Fsp3) is 0.333. The molecule has 6 rings (SSSR count). The molecular weight excluding hydrogens is 558 g/mol. The lowest BCUT2D eigenvalue weighted by Crippen LogP contribution is -2.37. The Morgan fingerprint density at radius 1 is 1.16 bits per heavy atom. The lowest BCUT2D eigenvalue weighted by Gasteiger charge is -2.24. The van der Waals surface area contributed by atoms with Gasteiger partial charge in [-0.05, 0) is 75.1 Å². The van der Waals surface area contributed by atoms with Crippen LogP contribution in [0.5, 0.6) is 5.75 Å². The number of hydrogen-bond acceptors (Lipinski definition) is 8. The summed E-state index contributed by atoms with van der Waals surface area (Å²) in [7, 11) is 1.54. The van der Waals surface area contributed by atoms with E-state index in [-0.39, 0.29) is 18.6 Å². The number of rotatable bonds is 9. The Morgan fingerprint density at radius 3 is 2.73 bits per heavy atom. The van der Waals surface area contributed by atoms with E-state index < -0.39 is 5.60 Å². The third kappa shape index (κ3) is 5.51. The number of aromatic nitrogens is 5. The summed E-state index contributed by atoms with van der Waals surface area (Å²) in [6, 6.07) is 17.0. The minimum Gasteiger partial charge on any atom is -0.496 e. The normalized spacial score (nSPS) is 15.2. The Hall–Kier alpha value is -4.74. The standard InChI is InChI=1S/C33H37N7O4/c1-21-30(23-11-12-27(44-4)26(17-23)32(42)38-14-6-10-25(38)20-41)31-36-28(33(2,3)43)18-29(40(31)37-21)34-19-22-8-5-9-24(16-22)39-15-7-13-35-39/h5,7-9,11-13,15-18,25,34,41,43H,6,10,14,19-20H2,1-4H3/t25-/m1/s1. The van der Waals surface area contributed by atoms with Crippen LogP contribution in [0.1, 0.15) is 54.0 Å². The van der Waals surface area contributed by atoms with Crippen LogP contribution in [-0.2, 0) is 12.1 Å². The van der Waals surface area contributed by atoms with Gasteiger partial charge in [-0.1, -0.05) is 18.2 Å². The predicted octanol–water partition coefficient (Wildman–Crippen LogP) is 4.34. The first kappa shape index (κ1) is 29.3. The summed E-state index contributed by atoms with van der Waals surface area (Å²) in [5, 5.41) is 33.5. The van der Waals surface area contributed by atoms with Gasteiger partial charge in [-0.2, -0.15) is 14.7 Å². The molecule has 11 heteroatoms. The summed E-state index contributed by atoms with van der Waals surface area (Å²) in [4.78, 5) is 20.3. The molecule has 1 saturated heterocycles. The van der Waals surface area contributed by atoms with Gasteiger partial charge in [0.1, 0.15) is 17.2 Å². The van der Waals surface area contributed by atoms with Crippen LogP contribution in [0, 0.1) is 6.92 Å². The van der Waals surface area contributed by atoms with E-state index in [0.717, 1.165) is 35.2 Å². The Labute approximate surface area is 255 Å². The number of aliphatic hydroxyl groups is 2. The number of likely N-dealkylation sites (tertiary alicyclic amines) is 1. The summed E-state index contributed by atoms with van der Waals surface area (Å²) >= 11 is 0. The van der Waals surface area contributed by atoms with Crippen molar-refractivity contribution >= 4 is 17.4 Å². The molecule has 4 heterocycles. The second-order valence-corrected chi connectivity index (χ2v) is 11.6. The maximum Gasteiger partial charge on any atom is 0.257 e. The number of aryl methyl sites for hydroxylation is 1. The van der Waals surface area contributed by atoms with Gasteiger partial charge in [0.25, 0.3) is 5.91 Å². The van der Waals surface area contributed by atoms with Gasteiger partial charge in [-0.3, -0.25) is 4.79 Å². The molecule has 1 amide bonds. The highest BCUT2D eigenvalue weighted by Gasteiger charge is 2.31. The fourth-order valence-electron chi connectivity index (χ4n) is 5.80. The highest BCUT2D eigenvalue weighted by molar-refractivity contribution is 5.99. The zero-order valence-corrected chi connectivity index (χ0v) is 25.4. The Balaban J connectivity index is 1.41. The number of nitrogens with one attached hydrogen (secondary N) is 1. The number of hydrogen-bond donors (Lipinski definition) is 3. The predicted molar refractivity (Wildman–Crippen MR) is 167 cm³/mol. The average Bonchev–Trinajstić information content (AvgIpc) is 3.79. The van der Waals surface area contributed by atoms with E-state index in [2.05, 4.69) is 16.5 Å². The van der Waals surface area contributed by atoms with Crippen LogP contribution in [0.15, 0.2) is 67.0 Å². The first-order chi connectivity index (χ1) is 21.2. The van der Waals surface area contributed by atoms with Gasteiger partial charge in [-0.15, -0.1) is 0 Å². The van der Waals surface area contributed by atoms with Gasteiger partial charge in [0.05, 0.1) is 42.4 Å². The van der Waals surface area contributed by atoms with Gasteiger partial charge < -0.3 is 25.2 Å². The summed E-state index contributed by atoms with van der Waals surface area (Å²) in [6.45, 7) is 6.31. The summed E-state index contributed by atoms with van der Waals surface area (Å²) < 4.78 is 9.13. The first-order valence-corrected chi connectivity index (χ1v) is 14.7. The van der Waals surface area contributed by atoms with Crippen molar-refractivity contribution in [1.29, 1.82) is 0 Å². The minimum atomic E-state index is -1.22. The van der Waals surface area contributed by atoms with Crippen LogP contribution >= 0.6 is 0 Å². The number of carbonyl (C=O) groups is 1. The van der Waals surface area contributed by atoms with Crippen LogP contribution in [0.4, 0.5) is 5.82 Å². The summed E-state index contributed by atoms with van der Waals surface area (Å²) in [5.74, 6) is 0.944. The molecule has 0 aliphatic carbocycles. The molecule has 1 aliphatic heterocycles. The molecule has 2 aromatic carbocycles. The lowest BCUT2D eigenvalue weighted by atomic mass is 10.0. The van der Waals surface area contributed by atoms with E-state index >= 15 is 0 Å². The highest BCUT2D eigenvalue weighted by atomic mass is 16.5. The minimum absolute atomic E-state index is 0.0755. The van der Waals surface area contributed by atoms with E-state index in [4.69, 9.17) is 14.8 Å². The third-order valence-electron chi connectivity index (χ3n) is 8.11. The number of aliphatic hydroxyl groups excluding tert-OH is 1. The van der Waals surface area contributed by atoms with Crippen molar-refractivity contribution in [3.05, 3.63) is 89.5 Å². The second-order valence-electron chi connectivity index (χ2n) is 11.6. The SMILES string of the molecule is COc1ccc(-c2c(C)nn3c(NCc4cccc(-n5cccn5)c4)cc(C(C)(C)O)nc23)cc1C(=O)N1CCC[C@@H]1CO. The monoisotopic (exact) mass is 595 g/mol. The van der Waals surface area contributed by atoms with Crippen molar-refractivity contribution in [1.82, 2.24) is 29.3 Å². The molecule has 3 N–H and O–H groups in total. The van der Waals surface area contributed by atoms with Gasteiger partial charge in [-0.25, -0.2) is 9.67 Å².